The largest absolute Gasteiger partial charge is 0.323 e. The monoisotopic (exact) mass is 820 g/mol. The second kappa shape index (κ2) is 22.7. The molecule has 0 bridgehead atoms. The molecule has 1 aromatic heterocycles. The van der Waals surface area contributed by atoms with Gasteiger partial charge in [-0.3, -0.25) is 14.4 Å². The number of carbonyl (C=O) groups excluding carboxylic acids is 3. The molecule has 1 N–H and O–H groups in total. The lowest BCUT2D eigenvalue weighted by Gasteiger charge is -2.06. The van der Waals surface area contributed by atoms with E-state index >= 15 is 0 Å². The van der Waals surface area contributed by atoms with E-state index in [4.69, 9.17) is 34.8 Å². The Kier molecular flexibility index (Phi) is 16.6. The van der Waals surface area contributed by atoms with Crippen molar-refractivity contribution in [2.24, 2.45) is 0 Å². The van der Waals surface area contributed by atoms with Crippen molar-refractivity contribution < 1.29 is 14.4 Å². The van der Waals surface area contributed by atoms with Crippen molar-refractivity contribution in [1.82, 2.24) is 15.0 Å². The van der Waals surface area contributed by atoms with Crippen molar-refractivity contribution in [1.29, 1.82) is 0 Å². The average molecular weight is 822 g/mol. The highest BCUT2D eigenvalue weighted by molar-refractivity contribution is 6.33. The zero-order valence-electron chi connectivity index (χ0n) is 30.8. The van der Waals surface area contributed by atoms with Crippen LogP contribution >= 0.6 is 34.8 Å². The molecule has 0 radical (unpaired) electrons. The highest BCUT2D eigenvalue weighted by Crippen LogP contribution is 2.24. The molecule has 7 nitrogen and oxygen atoms in total. The molecule has 0 atom stereocenters. The molecule has 0 aliphatic heterocycles. The number of rotatable bonds is 8. The van der Waals surface area contributed by atoms with Gasteiger partial charge in [0, 0.05) is 33.4 Å². The van der Waals surface area contributed by atoms with E-state index in [2.05, 4.69) is 20.3 Å². The summed E-state index contributed by atoms with van der Waals surface area (Å²) >= 11 is 17.2. The van der Waals surface area contributed by atoms with Crippen molar-refractivity contribution in [3.63, 3.8) is 0 Å². The number of hydrogen-bond donors (Lipinski definition) is 1. The topological polar surface area (TPSA) is 102 Å². The molecule has 8 rings (SSSR count). The van der Waals surface area contributed by atoms with Gasteiger partial charge in [-0.1, -0.05) is 206 Å². The highest BCUT2D eigenvalue weighted by Gasteiger charge is 2.09. The predicted octanol–water partition coefficient (Wildman–Crippen LogP) is 12.3. The van der Waals surface area contributed by atoms with Crippen LogP contribution in [0.15, 0.2) is 206 Å². The minimum absolute atomic E-state index is 0.0227. The summed E-state index contributed by atoms with van der Waals surface area (Å²) in [4.78, 5) is 46.9. The number of halogens is 3. The highest BCUT2D eigenvalue weighted by atomic mass is 35.5. The minimum Gasteiger partial charge on any atom is -0.323 e. The number of nitrogens with one attached hydrogen (secondary N) is 1. The van der Waals surface area contributed by atoms with Crippen molar-refractivity contribution in [3.05, 3.63) is 255 Å². The summed E-state index contributed by atoms with van der Waals surface area (Å²) in [7, 11) is 0. The molecule has 0 aliphatic rings. The molecule has 0 saturated heterocycles. The van der Waals surface area contributed by atoms with Gasteiger partial charge in [0.05, 0.1) is 10.7 Å². The van der Waals surface area contributed by atoms with Crippen molar-refractivity contribution in [3.8, 4) is 0 Å². The molecular weight excluding hydrogens is 787 g/mol. The fourth-order valence-electron chi connectivity index (χ4n) is 5.10. The number of para-hydroxylation sites is 1. The number of ketones is 3. The molecular formula is C48H35Cl3N4O3. The van der Waals surface area contributed by atoms with Gasteiger partial charge in [-0.05, 0) is 35.3 Å². The van der Waals surface area contributed by atoms with E-state index in [0.29, 0.717) is 10.7 Å². The van der Waals surface area contributed by atoms with Gasteiger partial charge in [0.1, 0.15) is 0 Å². The normalized spacial score (nSPS) is 9.84. The van der Waals surface area contributed by atoms with Crippen LogP contribution in [-0.2, 0) is 0 Å². The van der Waals surface area contributed by atoms with Crippen molar-refractivity contribution in [2.75, 3.05) is 5.32 Å². The van der Waals surface area contributed by atoms with E-state index in [9.17, 15) is 14.4 Å². The SMILES string of the molecule is Clc1nc(Cl)nc(Nc2ccccc2Cl)n1.O=C(c1ccccc1)c1ccccc1.O=C(c1ccccc1)c1ccccc1.O=C(c1ccccc1)c1ccccc1. The second-order valence-electron chi connectivity index (χ2n) is 12.0. The minimum atomic E-state index is 0.0227. The first-order valence-corrected chi connectivity index (χ1v) is 18.9. The van der Waals surface area contributed by atoms with E-state index in [1.165, 1.54) is 0 Å². The van der Waals surface area contributed by atoms with Crippen LogP contribution in [0.2, 0.25) is 15.6 Å². The van der Waals surface area contributed by atoms with Crippen LogP contribution < -0.4 is 5.32 Å². The third-order valence-electron chi connectivity index (χ3n) is 7.92. The van der Waals surface area contributed by atoms with Gasteiger partial charge >= 0.3 is 0 Å². The Morgan fingerprint density at radius 3 is 0.828 bits per heavy atom. The summed E-state index contributed by atoms with van der Waals surface area (Å²) in [5.41, 5.74) is 5.08. The van der Waals surface area contributed by atoms with Gasteiger partial charge in [-0.2, -0.15) is 15.0 Å². The van der Waals surface area contributed by atoms with Crippen molar-refractivity contribution >= 4 is 63.8 Å². The summed E-state index contributed by atoms with van der Waals surface area (Å²) in [5, 5.41) is 3.49. The van der Waals surface area contributed by atoms with Crippen LogP contribution in [0.25, 0.3) is 0 Å². The molecule has 10 heteroatoms. The van der Waals surface area contributed by atoms with Crippen LogP contribution in [-0.4, -0.2) is 32.3 Å². The molecule has 0 aliphatic carbocycles. The maximum absolute atomic E-state index is 11.8. The molecule has 286 valence electrons. The van der Waals surface area contributed by atoms with E-state index in [0.717, 1.165) is 33.4 Å². The van der Waals surface area contributed by atoms with Crippen LogP contribution in [0.5, 0.6) is 0 Å². The first-order chi connectivity index (χ1) is 28.3. The Labute approximate surface area is 352 Å². The molecule has 1 heterocycles. The van der Waals surface area contributed by atoms with E-state index < -0.39 is 0 Å². The van der Waals surface area contributed by atoms with Crippen LogP contribution in [0.1, 0.15) is 47.8 Å². The fourth-order valence-corrected chi connectivity index (χ4v) is 5.65. The number of hydrogen-bond acceptors (Lipinski definition) is 7. The summed E-state index contributed by atoms with van der Waals surface area (Å²) in [6, 6.07) is 63.0. The molecule has 0 spiro atoms. The maximum atomic E-state index is 11.8. The Morgan fingerprint density at radius 2 is 0.569 bits per heavy atom. The summed E-state index contributed by atoms with van der Waals surface area (Å²) < 4.78 is 0. The zero-order valence-corrected chi connectivity index (χ0v) is 33.1. The molecule has 0 unspecified atom stereocenters. The molecule has 0 fully saturated rings. The molecule has 0 saturated carbocycles. The van der Waals surface area contributed by atoms with Crippen LogP contribution in [0, 0.1) is 0 Å². The summed E-state index contributed by atoms with van der Waals surface area (Å²) in [5.74, 6) is 0.474. The van der Waals surface area contributed by atoms with Gasteiger partial charge in [0.15, 0.2) is 17.3 Å². The molecule has 7 aromatic carbocycles. The van der Waals surface area contributed by atoms with Gasteiger partial charge in [0.25, 0.3) is 0 Å². The van der Waals surface area contributed by atoms with Crippen LogP contribution in [0.4, 0.5) is 11.6 Å². The molecule has 0 amide bonds. The van der Waals surface area contributed by atoms with E-state index in [1.54, 1.807) is 12.1 Å². The average Bonchev–Trinajstić information content (AvgIpc) is 3.28. The second-order valence-corrected chi connectivity index (χ2v) is 13.1. The molecule has 58 heavy (non-hydrogen) atoms. The number of aromatic nitrogens is 3. The zero-order chi connectivity index (χ0) is 41.0. The predicted molar refractivity (Wildman–Crippen MR) is 234 cm³/mol. The third-order valence-corrected chi connectivity index (χ3v) is 8.58. The molecule has 8 aromatic rings. The summed E-state index contributed by atoms with van der Waals surface area (Å²) in [6.07, 6.45) is 0. The number of benzene rings is 7. The van der Waals surface area contributed by atoms with E-state index in [-0.39, 0.29) is 33.9 Å². The van der Waals surface area contributed by atoms with Gasteiger partial charge in [-0.15, -0.1) is 0 Å². The fraction of sp³-hybridized carbons (Fsp3) is 0. The van der Waals surface area contributed by atoms with Crippen LogP contribution in [0.3, 0.4) is 0 Å². The standard InChI is InChI=1S/3C13H10O.C9H5Cl3N4/c3*14-13(11-7-3-1-4-8-11)12-9-5-2-6-10-12;10-5-3-1-2-4-6(5)13-9-15-7(11)14-8(12)16-9/h3*1-10H;1-4H,(H,13,14,15,16). The maximum Gasteiger partial charge on any atom is 0.232 e. The Hall–Kier alpha value is -6.77. The number of nitrogens with zero attached hydrogens (tertiary/aromatic N) is 3. The number of anilines is 2. The Bertz CT molecular complexity index is 2150. The lowest BCUT2D eigenvalue weighted by atomic mass is 10.0. The first-order valence-electron chi connectivity index (χ1n) is 17.8. The first kappa shape index (κ1) is 42.4. The lowest BCUT2D eigenvalue weighted by Crippen LogP contribution is -1.99. The van der Waals surface area contributed by atoms with Crippen molar-refractivity contribution in [2.45, 2.75) is 0 Å². The van der Waals surface area contributed by atoms with Gasteiger partial charge in [-0.25, -0.2) is 0 Å². The Balaban J connectivity index is 0.000000148. The van der Waals surface area contributed by atoms with E-state index in [1.807, 2.05) is 194 Å². The van der Waals surface area contributed by atoms with Gasteiger partial charge in [0.2, 0.25) is 16.5 Å². The Morgan fingerprint density at radius 1 is 0.328 bits per heavy atom. The third kappa shape index (κ3) is 13.5. The van der Waals surface area contributed by atoms with Gasteiger partial charge < -0.3 is 5.32 Å². The lowest BCUT2D eigenvalue weighted by molar-refractivity contribution is 0.103. The summed E-state index contributed by atoms with van der Waals surface area (Å²) in [6.45, 7) is 0. The quantitative estimate of drug-likeness (QED) is 0.152. The smallest absolute Gasteiger partial charge is 0.232 e. The number of carbonyl (C=O) groups is 3.